The van der Waals surface area contributed by atoms with Gasteiger partial charge in [-0.25, -0.2) is 4.99 Å². The smallest absolute Gasteiger partial charge is 0.125 e. The quantitative estimate of drug-likeness (QED) is 0.557. The van der Waals surface area contributed by atoms with Gasteiger partial charge < -0.3 is 20.1 Å². The molecule has 1 fully saturated rings. The first-order valence-corrected chi connectivity index (χ1v) is 8.77. The van der Waals surface area contributed by atoms with Crippen molar-refractivity contribution in [2.45, 2.75) is 39.1 Å². The maximum atomic E-state index is 8.32. The molecule has 26 heavy (non-hydrogen) atoms. The van der Waals surface area contributed by atoms with E-state index in [9.17, 15) is 0 Å². The van der Waals surface area contributed by atoms with Crippen molar-refractivity contribution in [3.05, 3.63) is 41.0 Å². The van der Waals surface area contributed by atoms with E-state index >= 15 is 0 Å². The minimum Gasteiger partial charge on any atom is -0.490 e. The Morgan fingerprint density at radius 3 is 2.77 bits per heavy atom. The topological polar surface area (TPSA) is 108 Å². The predicted molar refractivity (Wildman–Crippen MR) is 102 cm³/mol. The zero-order valence-corrected chi connectivity index (χ0v) is 15.0. The van der Waals surface area contributed by atoms with Crippen LogP contribution in [0.5, 0.6) is 5.75 Å². The Morgan fingerprint density at radius 1 is 1.31 bits per heavy atom. The molecule has 2 aliphatic rings. The number of fused-ring (bicyclic) bond motifs is 1. The molecule has 2 heterocycles. The van der Waals surface area contributed by atoms with Gasteiger partial charge in [0.15, 0.2) is 0 Å². The van der Waals surface area contributed by atoms with Crippen molar-refractivity contribution in [2.75, 3.05) is 13.1 Å². The van der Waals surface area contributed by atoms with Gasteiger partial charge in [-0.15, -0.1) is 0 Å². The first-order chi connectivity index (χ1) is 12.6. The summed E-state index contributed by atoms with van der Waals surface area (Å²) in [5.41, 5.74) is 8.88. The van der Waals surface area contributed by atoms with Crippen molar-refractivity contribution >= 4 is 18.0 Å². The van der Waals surface area contributed by atoms with Crippen LogP contribution in [0.15, 0.2) is 34.8 Å². The molecule has 1 aromatic rings. The summed E-state index contributed by atoms with van der Waals surface area (Å²) in [4.78, 5) is 5.72. The summed E-state index contributed by atoms with van der Waals surface area (Å²) in [6.07, 6.45) is 4.42. The van der Waals surface area contributed by atoms with Gasteiger partial charge in [0, 0.05) is 25.9 Å². The number of benzene rings is 1. The molecular weight excluding hydrogens is 330 g/mol. The van der Waals surface area contributed by atoms with E-state index in [4.69, 9.17) is 26.0 Å². The molecule has 138 valence electrons. The molecule has 0 spiro atoms. The Hall–Kier alpha value is -2.67. The molecule has 7 nitrogen and oxygen atoms in total. The summed E-state index contributed by atoms with van der Waals surface area (Å²) in [6, 6.07) is 6.17. The number of amidine groups is 2. The molecule has 7 heteroatoms. The van der Waals surface area contributed by atoms with Crippen molar-refractivity contribution in [2.24, 2.45) is 10.7 Å². The number of rotatable bonds is 5. The van der Waals surface area contributed by atoms with Crippen LogP contribution in [-0.4, -0.2) is 42.1 Å². The molecule has 0 radical (unpaired) electrons. The first-order valence-electron chi connectivity index (χ1n) is 8.77. The highest BCUT2D eigenvalue weighted by Gasteiger charge is 2.23. The van der Waals surface area contributed by atoms with Crippen molar-refractivity contribution in [1.29, 1.82) is 10.8 Å². The summed E-state index contributed by atoms with van der Waals surface area (Å²) in [6.45, 7) is 4.73. The SMILES string of the molecule is C/C(=C/C(N)=NC=N)C(=N)N1CCC(Oc2ccc3c(c2)COC3)CC1. The van der Waals surface area contributed by atoms with Crippen LogP contribution in [0, 0.1) is 10.8 Å². The van der Waals surface area contributed by atoms with Crippen LogP contribution in [0.4, 0.5) is 0 Å². The number of hydrogen-bond donors (Lipinski definition) is 3. The van der Waals surface area contributed by atoms with E-state index < -0.39 is 0 Å². The van der Waals surface area contributed by atoms with E-state index in [1.54, 1.807) is 6.08 Å². The molecule has 0 aliphatic carbocycles. The molecule has 0 aromatic heterocycles. The monoisotopic (exact) mass is 355 g/mol. The van der Waals surface area contributed by atoms with E-state index in [-0.39, 0.29) is 11.9 Å². The van der Waals surface area contributed by atoms with Gasteiger partial charge in [-0.1, -0.05) is 6.07 Å². The van der Waals surface area contributed by atoms with Crippen LogP contribution in [-0.2, 0) is 18.0 Å². The lowest BCUT2D eigenvalue weighted by atomic mass is 10.1. The highest BCUT2D eigenvalue weighted by Crippen LogP contribution is 2.26. The van der Waals surface area contributed by atoms with Crippen molar-refractivity contribution in [3.8, 4) is 5.75 Å². The molecule has 1 saturated heterocycles. The molecule has 0 unspecified atom stereocenters. The van der Waals surface area contributed by atoms with Gasteiger partial charge in [0.25, 0.3) is 0 Å². The first kappa shape index (κ1) is 18.1. The third kappa shape index (κ3) is 4.29. The van der Waals surface area contributed by atoms with Crippen molar-refractivity contribution < 1.29 is 9.47 Å². The summed E-state index contributed by atoms with van der Waals surface area (Å²) >= 11 is 0. The summed E-state index contributed by atoms with van der Waals surface area (Å²) < 4.78 is 11.6. The largest absolute Gasteiger partial charge is 0.490 e. The van der Waals surface area contributed by atoms with E-state index in [1.807, 2.05) is 17.9 Å². The van der Waals surface area contributed by atoms with Gasteiger partial charge in [-0.05, 0) is 41.8 Å². The Labute approximate surface area is 153 Å². The highest BCUT2D eigenvalue weighted by atomic mass is 16.5. The number of nitrogens with one attached hydrogen (secondary N) is 2. The second-order valence-electron chi connectivity index (χ2n) is 6.59. The number of likely N-dealkylation sites (tertiary alicyclic amines) is 1. The molecule has 0 atom stereocenters. The van der Waals surface area contributed by atoms with Gasteiger partial charge in [0.2, 0.25) is 0 Å². The van der Waals surface area contributed by atoms with Gasteiger partial charge in [0.05, 0.1) is 13.2 Å². The fourth-order valence-corrected chi connectivity index (χ4v) is 3.26. The van der Waals surface area contributed by atoms with Gasteiger partial charge in [0.1, 0.15) is 29.9 Å². The van der Waals surface area contributed by atoms with Crippen LogP contribution in [0.2, 0.25) is 0 Å². The minimum absolute atomic E-state index is 0.160. The zero-order valence-electron chi connectivity index (χ0n) is 15.0. The third-order valence-corrected chi connectivity index (χ3v) is 4.71. The number of aliphatic imine (C=N–C) groups is 1. The number of nitrogens with two attached hydrogens (primary N) is 1. The summed E-state index contributed by atoms with van der Waals surface area (Å²) in [7, 11) is 0. The number of nitrogens with zero attached hydrogens (tertiary/aromatic N) is 2. The minimum atomic E-state index is 0.160. The van der Waals surface area contributed by atoms with Gasteiger partial charge >= 0.3 is 0 Å². The van der Waals surface area contributed by atoms with Crippen molar-refractivity contribution in [3.63, 3.8) is 0 Å². The molecule has 0 bridgehead atoms. The fraction of sp³-hybridized carbons (Fsp3) is 0.421. The average molecular weight is 355 g/mol. The molecular formula is C19H25N5O2. The van der Waals surface area contributed by atoms with E-state index in [0.29, 0.717) is 19.0 Å². The summed E-state index contributed by atoms with van der Waals surface area (Å²) in [5, 5.41) is 15.2. The standard InChI is InChI=1S/C19H25N5O2/c1-13(8-18(21)23-12-20)19(22)24-6-4-16(5-7-24)26-17-3-2-14-10-25-11-15(14)9-17/h2-3,8-9,12,16,22H,4-7,10-11H2,1H3,(H3,20,21,23)/b13-8-,22-19?. The van der Waals surface area contributed by atoms with Crippen LogP contribution < -0.4 is 10.5 Å². The van der Waals surface area contributed by atoms with Gasteiger partial charge in [-0.3, -0.25) is 10.8 Å². The lowest BCUT2D eigenvalue weighted by Gasteiger charge is -2.34. The number of piperidine rings is 1. The van der Waals surface area contributed by atoms with E-state index in [2.05, 4.69) is 17.1 Å². The molecule has 3 rings (SSSR count). The molecule has 4 N–H and O–H groups in total. The molecule has 0 amide bonds. The Morgan fingerprint density at radius 2 is 2.04 bits per heavy atom. The Kier molecular flexibility index (Phi) is 5.68. The van der Waals surface area contributed by atoms with Crippen molar-refractivity contribution in [1.82, 2.24) is 4.90 Å². The van der Waals surface area contributed by atoms with Crippen LogP contribution >= 0.6 is 0 Å². The Balaban J connectivity index is 1.53. The third-order valence-electron chi connectivity index (χ3n) is 4.71. The zero-order chi connectivity index (χ0) is 18.5. The molecule has 0 saturated carbocycles. The van der Waals surface area contributed by atoms with E-state index in [1.165, 1.54) is 11.1 Å². The second-order valence-corrected chi connectivity index (χ2v) is 6.59. The van der Waals surface area contributed by atoms with E-state index in [0.717, 1.165) is 43.6 Å². The average Bonchev–Trinajstić information content (AvgIpc) is 3.09. The van der Waals surface area contributed by atoms with Crippen LogP contribution in [0.3, 0.4) is 0 Å². The lowest BCUT2D eigenvalue weighted by Crippen LogP contribution is -2.42. The lowest BCUT2D eigenvalue weighted by molar-refractivity contribution is 0.129. The Bertz CT molecular complexity index is 748. The molecule has 1 aromatic carbocycles. The maximum Gasteiger partial charge on any atom is 0.125 e. The van der Waals surface area contributed by atoms with Gasteiger partial charge in [-0.2, -0.15) is 0 Å². The number of ether oxygens (including phenoxy) is 2. The maximum absolute atomic E-state index is 8.32. The predicted octanol–water partition coefficient (Wildman–Crippen LogP) is 2.45. The number of hydrogen-bond acceptors (Lipinski definition) is 4. The molecule has 2 aliphatic heterocycles. The summed E-state index contributed by atoms with van der Waals surface area (Å²) in [5.74, 6) is 1.58. The normalized spacial score (nSPS) is 18.6. The van der Waals surface area contributed by atoms with Crippen LogP contribution in [0.25, 0.3) is 0 Å². The van der Waals surface area contributed by atoms with Crippen LogP contribution in [0.1, 0.15) is 30.9 Å². The second kappa shape index (κ2) is 8.14. The fourth-order valence-electron chi connectivity index (χ4n) is 3.26. The highest BCUT2D eigenvalue weighted by molar-refractivity contribution is 6.04.